The van der Waals surface area contributed by atoms with Gasteiger partial charge in [0.25, 0.3) is 0 Å². The van der Waals surface area contributed by atoms with Crippen LogP contribution in [0, 0.1) is 0 Å². The third-order valence-corrected chi connectivity index (χ3v) is 5.50. The molecule has 0 radical (unpaired) electrons. The van der Waals surface area contributed by atoms with Crippen LogP contribution in [0.3, 0.4) is 0 Å². The number of fused-ring (bicyclic) bond motifs is 2. The predicted octanol–water partition coefficient (Wildman–Crippen LogP) is 3.60. The fourth-order valence-electron chi connectivity index (χ4n) is 4.64. The zero-order valence-corrected chi connectivity index (χ0v) is 12.4. The zero-order chi connectivity index (χ0) is 13.5. The maximum Gasteiger partial charge on any atom is 0.119 e. The summed E-state index contributed by atoms with van der Waals surface area (Å²) in [7, 11) is 4.09. The molecule has 104 valence electrons. The number of likely N-dealkylation sites (tertiary alicyclic amines) is 1. The van der Waals surface area contributed by atoms with Gasteiger partial charge in [0.15, 0.2) is 0 Å². The molecule has 3 atom stereocenters. The summed E-state index contributed by atoms with van der Waals surface area (Å²) < 4.78 is 5.43. The zero-order valence-electron chi connectivity index (χ0n) is 12.4. The van der Waals surface area contributed by atoms with E-state index in [0.29, 0.717) is 11.5 Å². The molecular weight excluding hydrogens is 234 g/mol. The Morgan fingerprint density at radius 2 is 2.26 bits per heavy atom. The largest absolute Gasteiger partial charge is 0.497 e. The van der Waals surface area contributed by atoms with Gasteiger partial charge in [0.2, 0.25) is 0 Å². The highest BCUT2D eigenvalue weighted by molar-refractivity contribution is 5.37. The molecule has 2 heteroatoms. The van der Waals surface area contributed by atoms with Gasteiger partial charge < -0.3 is 4.74 Å². The third kappa shape index (κ3) is 1.88. The SMILES string of the molecule is CCC1N(C)C2CCCC1(c1cccc(OC)c1)C2. The van der Waals surface area contributed by atoms with Gasteiger partial charge in [0.05, 0.1) is 7.11 Å². The summed E-state index contributed by atoms with van der Waals surface area (Å²) in [6.45, 7) is 2.34. The van der Waals surface area contributed by atoms with Crippen LogP contribution in [-0.4, -0.2) is 31.1 Å². The Kier molecular flexibility index (Phi) is 3.30. The van der Waals surface area contributed by atoms with Gasteiger partial charge in [0, 0.05) is 17.5 Å². The van der Waals surface area contributed by atoms with E-state index in [1.807, 2.05) is 0 Å². The van der Waals surface area contributed by atoms with Crippen LogP contribution >= 0.6 is 0 Å². The van der Waals surface area contributed by atoms with Crippen molar-refractivity contribution in [1.29, 1.82) is 0 Å². The second-order valence-electron chi connectivity index (χ2n) is 6.23. The topological polar surface area (TPSA) is 12.5 Å². The lowest BCUT2D eigenvalue weighted by atomic mass is 9.66. The Balaban J connectivity index is 2.04. The fourth-order valence-corrected chi connectivity index (χ4v) is 4.64. The van der Waals surface area contributed by atoms with Gasteiger partial charge in [-0.25, -0.2) is 0 Å². The van der Waals surface area contributed by atoms with E-state index in [4.69, 9.17) is 4.74 Å². The van der Waals surface area contributed by atoms with Gasteiger partial charge in [-0.1, -0.05) is 25.5 Å². The molecule has 0 spiro atoms. The van der Waals surface area contributed by atoms with Crippen LogP contribution in [0.4, 0.5) is 0 Å². The Morgan fingerprint density at radius 1 is 1.42 bits per heavy atom. The number of likely N-dealkylation sites (N-methyl/N-ethyl adjacent to an activating group) is 1. The number of methoxy groups -OCH3 is 1. The fraction of sp³-hybridized carbons (Fsp3) is 0.647. The van der Waals surface area contributed by atoms with Crippen molar-refractivity contribution in [3.63, 3.8) is 0 Å². The van der Waals surface area contributed by atoms with Gasteiger partial charge in [0.1, 0.15) is 5.75 Å². The standard InChI is InChI=1S/C17H25NO/c1-4-16-17(10-6-8-14(12-17)18(16)2)13-7-5-9-15(11-13)19-3/h5,7,9,11,14,16H,4,6,8,10,12H2,1-3H3. The highest BCUT2D eigenvalue weighted by Gasteiger charge is 2.52. The first kappa shape index (κ1) is 13.0. The number of hydrogen-bond acceptors (Lipinski definition) is 2. The Labute approximate surface area is 116 Å². The van der Waals surface area contributed by atoms with Crippen LogP contribution in [0.5, 0.6) is 5.75 Å². The van der Waals surface area contributed by atoms with Gasteiger partial charge in [-0.05, 0) is 50.4 Å². The number of hydrogen-bond donors (Lipinski definition) is 0. The number of ether oxygens (including phenoxy) is 1. The lowest BCUT2D eigenvalue weighted by Crippen LogP contribution is -2.40. The van der Waals surface area contributed by atoms with Crippen LogP contribution in [-0.2, 0) is 5.41 Å². The van der Waals surface area contributed by atoms with E-state index in [1.54, 1.807) is 7.11 Å². The monoisotopic (exact) mass is 259 g/mol. The summed E-state index contributed by atoms with van der Waals surface area (Å²) >= 11 is 0. The first-order chi connectivity index (χ1) is 9.21. The molecule has 2 aliphatic rings. The predicted molar refractivity (Wildman–Crippen MR) is 78.8 cm³/mol. The van der Waals surface area contributed by atoms with Crippen molar-refractivity contribution in [3.05, 3.63) is 29.8 Å². The smallest absolute Gasteiger partial charge is 0.119 e. The van der Waals surface area contributed by atoms with E-state index < -0.39 is 0 Å². The average Bonchev–Trinajstić information content (AvgIpc) is 2.66. The highest BCUT2D eigenvalue weighted by atomic mass is 16.5. The first-order valence-corrected chi connectivity index (χ1v) is 7.57. The van der Waals surface area contributed by atoms with Crippen LogP contribution in [0.15, 0.2) is 24.3 Å². The van der Waals surface area contributed by atoms with E-state index in [-0.39, 0.29) is 0 Å². The van der Waals surface area contributed by atoms with Crippen LogP contribution < -0.4 is 4.74 Å². The van der Waals surface area contributed by atoms with Crippen LogP contribution in [0.25, 0.3) is 0 Å². The maximum absolute atomic E-state index is 5.43. The van der Waals surface area contributed by atoms with Gasteiger partial charge in [-0.3, -0.25) is 4.90 Å². The molecule has 1 aliphatic heterocycles. The average molecular weight is 259 g/mol. The maximum atomic E-state index is 5.43. The third-order valence-electron chi connectivity index (χ3n) is 5.50. The summed E-state index contributed by atoms with van der Waals surface area (Å²) in [6.07, 6.45) is 6.64. The molecule has 19 heavy (non-hydrogen) atoms. The van der Waals surface area contributed by atoms with Crippen LogP contribution in [0.2, 0.25) is 0 Å². The molecule has 0 amide bonds. The molecule has 2 nitrogen and oxygen atoms in total. The number of benzene rings is 1. The van der Waals surface area contributed by atoms with Crippen molar-refractivity contribution in [1.82, 2.24) is 4.90 Å². The van der Waals surface area contributed by atoms with Crippen molar-refractivity contribution in [2.45, 2.75) is 56.5 Å². The molecule has 1 aliphatic carbocycles. The highest BCUT2D eigenvalue weighted by Crippen LogP contribution is 2.52. The van der Waals surface area contributed by atoms with Gasteiger partial charge in [-0.15, -0.1) is 0 Å². The van der Waals surface area contributed by atoms with E-state index in [0.717, 1.165) is 11.8 Å². The van der Waals surface area contributed by atoms with E-state index in [1.165, 1.54) is 37.7 Å². The van der Waals surface area contributed by atoms with Crippen molar-refractivity contribution < 1.29 is 4.74 Å². The quantitative estimate of drug-likeness (QED) is 0.822. The second kappa shape index (κ2) is 4.82. The Bertz CT molecular complexity index is 458. The van der Waals surface area contributed by atoms with Crippen molar-refractivity contribution in [2.24, 2.45) is 0 Å². The Morgan fingerprint density at radius 3 is 3.00 bits per heavy atom. The summed E-state index contributed by atoms with van der Waals surface area (Å²) in [5, 5.41) is 0. The molecule has 3 rings (SSSR count). The summed E-state index contributed by atoms with van der Waals surface area (Å²) in [6, 6.07) is 10.3. The normalized spacial score (nSPS) is 34.5. The van der Waals surface area contributed by atoms with Crippen LogP contribution in [0.1, 0.15) is 44.6 Å². The number of nitrogens with zero attached hydrogens (tertiary/aromatic N) is 1. The molecule has 2 fully saturated rings. The molecule has 1 heterocycles. The molecule has 1 aromatic rings. The van der Waals surface area contributed by atoms with Gasteiger partial charge >= 0.3 is 0 Å². The van der Waals surface area contributed by atoms with E-state index in [2.05, 4.69) is 43.1 Å². The second-order valence-corrected chi connectivity index (χ2v) is 6.23. The van der Waals surface area contributed by atoms with E-state index in [9.17, 15) is 0 Å². The summed E-state index contributed by atoms with van der Waals surface area (Å²) in [4.78, 5) is 2.65. The van der Waals surface area contributed by atoms with Crippen molar-refractivity contribution in [3.8, 4) is 5.75 Å². The molecule has 1 saturated carbocycles. The minimum atomic E-state index is 0.362. The van der Waals surface area contributed by atoms with E-state index >= 15 is 0 Å². The minimum absolute atomic E-state index is 0.362. The van der Waals surface area contributed by atoms with Crippen molar-refractivity contribution in [2.75, 3.05) is 14.2 Å². The van der Waals surface area contributed by atoms with Crippen molar-refractivity contribution >= 4 is 0 Å². The molecule has 0 aromatic heterocycles. The summed E-state index contributed by atoms with van der Waals surface area (Å²) in [5.74, 6) is 0.999. The van der Waals surface area contributed by atoms with Gasteiger partial charge in [-0.2, -0.15) is 0 Å². The molecule has 3 unspecified atom stereocenters. The molecule has 2 bridgehead atoms. The minimum Gasteiger partial charge on any atom is -0.497 e. The molecular formula is C17H25NO. The molecule has 0 N–H and O–H groups in total. The molecule has 1 saturated heterocycles. The molecule has 1 aromatic carbocycles. The number of rotatable bonds is 3. The lowest BCUT2D eigenvalue weighted by Gasteiger charge is -2.38. The Hall–Kier alpha value is -1.02. The summed E-state index contributed by atoms with van der Waals surface area (Å²) in [5.41, 5.74) is 1.86. The lowest BCUT2D eigenvalue weighted by molar-refractivity contribution is 0.217. The first-order valence-electron chi connectivity index (χ1n) is 7.57.